The zero-order valence-electron chi connectivity index (χ0n) is 16.7. The van der Waals surface area contributed by atoms with Gasteiger partial charge >= 0.3 is 0 Å². The maximum atomic E-state index is 12.3. The van der Waals surface area contributed by atoms with E-state index in [0.717, 1.165) is 16.7 Å². The Balaban J connectivity index is 1.60. The monoisotopic (exact) mass is 443 g/mol. The molecule has 0 bridgehead atoms. The molecule has 1 amide bonds. The van der Waals surface area contributed by atoms with Crippen LogP contribution in [0.5, 0.6) is 11.5 Å². The Morgan fingerprint density at radius 1 is 0.967 bits per heavy atom. The van der Waals surface area contributed by atoms with Crippen LogP contribution in [-0.2, 0) is 24.4 Å². The number of ether oxygens (including phenoxy) is 2. The molecule has 1 N–H and O–H groups in total. The van der Waals surface area contributed by atoms with Crippen molar-refractivity contribution in [1.29, 1.82) is 0 Å². The van der Waals surface area contributed by atoms with E-state index in [0.29, 0.717) is 47.5 Å². The van der Waals surface area contributed by atoms with Crippen molar-refractivity contribution in [2.75, 3.05) is 7.11 Å². The number of aryl methyl sites for hydroxylation is 1. The molecule has 0 saturated carbocycles. The topological polar surface area (TPSA) is 47.6 Å². The fourth-order valence-electron chi connectivity index (χ4n) is 2.91. The molecule has 0 aliphatic heterocycles. The van der Waals surface area contributed by atoms with Crippen molar-refractivity contribution in [2.45, 2.75) is 26.0 Å². The Morgan fingerprint density at radius 3 is 2.40 bits per heavy atom. The molecule has 156 valence electrons. The average Bonchev–Trinajstić information content (AvgIpc) is 2.77. The Kier molecular flexibility index (Phi) is 8.00. The zero-order chi connectivity index (χ0) is 21.3. The summed E-state index contributed by atoms with van der Waals surface area (Å²) in [5, 5.41) is 4.08. The fourth-order valence-corrected chi connectivity index (χ4v) is 3.29. The van der Waals surface area contributed by atoms with Crippen molar-refractivity contribution in [3.05, 3.63) is 93.5 Å². The van der Waals surface area contributed by atoms with Gasteiger partial charge in [0.2, 0.25) is 5.91 Å². The first-order valence-electron chi connectivity index (χ1n) is 9.59. The highest BCUT2D eigenvalue weighted by atomic mass is 35.5. The summed E-state index contributed by atoms with van der Waals surface area (Å²) in [6, 6.07) is 20.8. The number of rotatable bonds is 9. The molecule has 0 spiro atoms. The molecule has 6 heteroatoms. The van der Waals surface area contributed by atoms with E-state index in [1.54, 1.807) is 25.3 Å². The predicted molar refractivity (Wildman–Crippen MR) is 120 cm³/mol. The van der Waals surface area contributed by atoms with Gasteiger partial charge in [-0.2, -0.15) is 0 Å². The van der Waals surface area contributed by atoms with Crippen molar-refractivity contribution in [2.24, 2.45) is 0 Å². The lowest BCUT2D eigenvalue weighted by Gasteiger charge is -2.14. The molecule has 0 aromatic heterocycles. The van der Waals surface area contributed by atoms with Gasteiger partial charge in [0, 0.05) is 24.1 Å². The summed E-state index contributed by atoms with van der Waals surface area (Å²) in [7, 11) is 1.59. The lowest BCUT2D eigenvalue weighted by molar-refractivity contribution is -0.121. The highest BCUT2D eigenvalue weighted by Gasteiger charge is 2.13. The molecule has 0 heterocycles. The van der Waals surface area contributed by atoms with Crippen molar-refractivity contribution >= 4 is 29.1 Å². The van der Waals surface area contributed by atoms with Crippen molar-refractivity contribution in [1.82, 2.24) is 5.32 Å². The number of hydrogen-bond donors (Lipinski definition) is 1. The van der Waals surface area contributed by atoms with Crippen LogP contribution < -0.4 is 14.8 Å². The van der Waals surface area contributed by atoms with Gasteiger partial charge in [0.1, 0.15) is 18.1 Å². The summed E-state index contributed by atoms with van der Waals surface area (Å²) in [6.07, 6.45) is 0.781. The maximum absolute atomic E-state index is 12.3. The van der Waals surface area contributed by atoms with E-state index in [4.69, 9.17) is 32.7 Å². The smallest absolute Gasteiger partial charge is 0.220 e. The minimum Gasteiger partial charge on any atom is -0.497 e. The Labute approximate surface area is 186 Å². The second kappa shape index (κ2) is 10.9. The molecule has 0 fully saturated rings. The Morgan fingerprint density at radius 2 is 1.70 bits per heavy atom. The van der Waals surface area contributed by atoms with Gasteiger partial charge in [0.05, 0.1) is 12.1 Å². The van der Waals surface area contributed by atoms with Gasteiger partial charge in [-0.1, -0.05) is 65.7 Å². The molecule has 0 unspecified atom stereocenters. The molecule has 0 saturated heterocycles. The highest BCUT2D eigenvalue weighted by Crippen LogP contribution is 2.34. The number of carbonyl (C=O) groups is 1. The third-order valence-electron chi connectivity index (χ3n) is 4.59. The second-order valence-electron chi connectivity index (χ2n) is 6.78. The van der Waals surface area contributed by atoms with Gasteiger partial charge in [0.15, 0.2) is 0 Å². The fraction of sp³-hybridized carbons (Fsp3) is 0.208. The van der Waals surface area contributed by atoms with E-state index >= 15 is 0 Å². The van der Waals surface area contributed by atoms with Crippen LogP contribution in [-0.4, -0.2) is 13.0 Å². The summed E-state index contributed by atoms with van der Waals surface area (Å²) in [4.78, 5) is 12.3. The van der Waals surface area contributed by atoms with Crippen molar-refractivity contribution in [3.63, 3.8) is 0 Å². The lowest BCUT2D eigenvalue weighted by atomic mass is 10.1. The first-order valence-corrected chi connectivity index (χ1v) is 10.3. The normalized spacial score (nSPS) is 10.5. The molecule has 3 aromatic rings. The molecule has 3 aromatic carbocycles. The average molecular weight is 444 g/mol. The largest absolute Gasteiger partial charge is 0.497 e. The first-order chi connectivity index (χ1) is 14.5. The Bertz CT molecular complexity index is 976. The van der Waals surface area contributed by atoms with E-state index in [-0.39, 0.29) is 5.91 Å². The number of methoxy groups -OCH3 is 1. The molecule has 0 atom stereocenters. The summed E-state index contributed by atoms with van der Waals surface area (Å²) in [6.45, 7) is 0.849. The minimum atomic E-state index is -0.0596. The van der Waals surface area contributed by atoms with Gasteiger partial charge in [-0.25, -0.2) is 0 Å². The standard InChI is InChI=1S/C24H23Cl2NO3/c1-29-21-13-19(9-12-23(28)27-15-17-7-10-20(25)11-8-17)24(26)22(14-21)30-16-18-5-3-2-4-6-18/h2-8,10-11,13-14H,9,12,15-16H2,1H3,(H,27,28). The van der Waals surface area contributed by atoms with E-state index in [1.165, 1.54) is 0 Å². The number of carbonyl (C=O) groups excluding carboxylic acids is 1. The van der Waals surface area contributed by atoms with Crippen LogP contribution in [0, 0.1) is 0 Å². The van der Waals surface area contributed by atoms with E-state index in [2.05, 4.69) is 5.32 Å². The van der Waals surface area contributed by atoms with Crippen LogP contribution in [0.3, 0.4) is 0 Å². The van der Waals surface area contributed by atoms with Crippen LogP contribution in [0.2, 0.25) is 10.0 Å². The number of halogens is 2. The van der Waals surface area contributed by atoms with E-state index < -0.39 is 0 Å². The van der Waals surface area contributed by atoms with Crippen LogP contribution in [0.15, 0.2) is 66.7 Å². The minimum absolute atomic E-state index is 0.0596. The van der Waals surface area contributed by atoms with E-state index in [1.807, 2.05) is 48.5 Å². The van der Waals surface area contributed by atoms with Gasteiger partial charge in [-0.3, -0.25) is 4.79 Å². The van der Waals surface area contributed by atoms with Gasteiger partial charge in [-0.15, -0.1) is 0 Å². The van der Waals surface area contributed by atoms with Crippen LogP contribution >= 0.6 is 23.2 Å². The summed E-state index contributed by atoms with van der Waals surface area (Å²) in [5.74, 6) is 1.12. The molecule has 0 radical (unpaired) electrons. The van der Waals surface area contributed by atoms with Gasteiger partial charge in [-0.05, 0) is 41.3 Å². The summed E-state index contributed by atoms with van der Waals surface area (Å²) < 4.78 is 11.3. The van der Waals surface area contributed by atoms with Crippen LogP contribution in [0.4, 0.5) is 0 Å². The third kappa shape index (κ3) is 6.41. The molecule has 30 heavy (non-hydrogen) atoms. The van der Waals surface area contributed by atoms with Crippen molar-refractivity contribution in [3.8, 4) is 11.5 Å². The van der Waals surface area contributed by atoms with Gasteiger partial charge < -0.3 is 14.8 Å². The second-order valence-corrected chi connectivity index (χ2v) is 7.59. The molecular weight excluding hydrogens is 421 g/mol. The third-order valence-corrected chi connectivity index (χ3v) is 5.27. The SMILES string of the molecule is COc1cc(CCC(=O)NCc2ccc(Cl)cc2)c(Cl)c(OCc2ccccc2)c1. The number of nitrogens with one attached hydrogen (secondary N) is 1. The highest BCUT2D eigenvalue weighted by molar-refractivity contribution is 6.33. The predicted octanol–water partition coefficient (Wildman–Crippen LogP) is 5.83. The Hall–Kier alpha value is -2.69. The molecule has 0 aliphatic rings. The number of hydrogen-bond acceptors (Lipinski definition) is 3. The van der Waals surface area contributed by atoms with E-state index in [9.17, 15) is 4.79 Å². The first kappa shape index (κ1) is 22.0. The van der Waals surface area contributed by atoms with Gasteiger partial charge in [0.25, 0.3) is 0 Å². The summed E-state index contributed by atoms with van der Waals surface area (Å²) in [5.41, 5.74) is 2.84. The summed E-state index contributed by atoms with van der Waals surface area (Å²) >= 11 is 12.4. The van der Waals surface area contributed by atoms with Crippen LogP contribution in [0.1, 0.15) is 23.1 Å². The quantitative estimate of drug-likeness (QED) is 0.452. The lowest BCUT2D eigenvalue weighted by Crippen LogP contribution is -2.23. The maximum Gasteiger partial charge on any atom is 0.220 e. The molecule has 3 rings (SSSR count). The number of benzene rings is 3. The molecular formula is C24H23Cl2NO3. The van der Waals surface area contributed by atoms with Crippen molar-refractivity contribution < 1.29 is 14.3 Å². The van der Waals surface area contributed by atoms with Crippen LogP contribution in [0.25, 0.3) is 0 Å². The molecule has 4 nitrogen and oxygen atoms in total. The molecule has 0 aliphatic carbocycles. The zero-order valence-corrected chi connectivity index (χ0v) is 18.2. The number of amides is 1.